The number of urea groups is 1. The number of nitrogens with zero attached hydrogens (tertiary/aromatic N) is 1. The number of primary amides is 1. The normalized spacial score (nSPS) is 9.42. The van der Waals surface area contributed by atoms with Crippen molar-refractivity contribution in [2.45, 2.75) is 0 Å². The molecule has 2 amide bonds. The molecule has 64 valence electrons. The minimum atomic E-state index is -0.450. The quantitative estimate of drug-likeness (QED) is 0.709. The third-order valence-corrected chi connectivity index (χ3v) is 2.13. The molecule has 0 bridgehead atoms. The fraction of sp³-hybridized carbons (Fsp3) is 0.125. The first-order valence-corrected chi connectivity index (χ1v) is 4.62. The molecule has 1 aromatic carbocycles. The standard InChI is InChI=1S/C8H10N2OS/c1-12-10(8(9)11)7-5-3-2-4-6-7/h2-6H,1H3,(H2,9,11). The molecule has 12 heavy (non-hydrogen) atoms. The Morgan fingerprint density at radius 1 is 1.42 bits per heavy atom. The Hall–Kier alpha value is -1.16. The van der Waals surface area contributed by atoms with Crippen molar-refractivity contribution >= 4 is 23.7 Å². The highest BCUT2D eigenvalue weighted by molar-refractivity contribution is 8.00. The second kappa shape index (κ2) is 4.01. The number of hydrogen-bond acceptors (Lipinski definition) is 2. The minimum absolute atomic E-state index is 0.450. The molecule has 0 unspecified atom stereocenters. The molecule has 2 N–H and O–H groups in total. The van der Waals surface area contributed by atoms with Crippen LogP contribution in [0, 0.1) is 0 Å². The molecule has 1 aromatic rings. The summed E-state index contributed by atoms with van der Waals surface area (Å²) in [6.45, 7) is 0. The van der Waals surface area contributed by atoms with Crippen molar-refractivity contribution in [1.82, 2.24) is 0 Å². The Morgan fingerprint density at radius 3 is 2.42 bits per heavy atom. The van der Waals surface area contributed by atoms with Crippen LogP contribution in [0.5, 0.6) is 0 Å². The smallest absolute Gasteiger partial charge is 0.329 e. The predicted molar refractivity (Wildman–Crippen MR) is 52.0 cm³/mol. The minimum Gasteiger partial charge on any atom is -0.350 e. The molecule has 0 saturated heterocycles. The number of para-hydroxylation sites is 1. The fourth-order valence-corrected chi connectivity index (χ4v) is 1.40. The van der Waals surface area contributed by atoms with Crippen LogP contribution in [-0.2, 0) is 0 Å². The maximum Gasteiger partial charge on any atom is 0.329 e. The first kappa shape index (κ1) is 8.93. The van der Waals surface area contributed by atoms with E-state index in [4.69, 9.17) is 5.73 Å². The molecule has 0 heterocycles. The third kappa shape index (κ3) is 1.92. The monoisotopic (exact) mass is 182 g/mol. The van der Waals surface area contributed by atoms with Crippen molar-refractivity contribution in [1.29, 1.82) is 0 Å². The van der Waals surface area contributed by atoms with Crippen molar-refractivity contribution < 1.29 is 4.79 Å². The lowest BCUT2D eigenvalue weighted by molar-refractivity contribution is 0.257. The average molecular weight is 182 g/mol. The molecular formula is C8H10N2OS. The molecule has 4 heteroatoms. The highest BCUT2D eigenvalue weighted by Crippen LogP contribution is 2.18. The van der Waals surface area contributed by atoms with Crippen LogP contribution in [0.3, 0.4) is 0 Å². The Bertz CT molecular complexity index is 263. The van der Waals surface area contributed by atoms with Crippen LogP contribution in [0.1, 0.15) is 0 Å². The topological polar surface area (TPSA) is 46.3 Å². The highest BCUT2D eigenvalue weighted by atomic mass is 32.2. The summed E-state index contributed by atoms with van der Waals surface area (Å²) < 4.78 is 1.43. The largest absolute Gasteiger partial charge is 0.350 e. The van der Waals surface area contributed by atoms with Crippen LogP contribution < -0.4 is 10.0 Å². The van der Waals surface area contributed by atoms with Crippen molar-refractivity contribution in [2.24, 2.45) is 5.73 Å². The number of anilines is 1. The van der Waals surface area contributed by atoms with Crippen molar-refractivity contribution in [3.8, 4) is 0 Å². The van der Waals surface area contributed by atoms with E-state index >= 15 is 0 Å². The number of carbonyl (C=O) groups excluding carboxylic acids is 1. The Kier molecular flexibility index (Phi) is 2.99. The second-order valence-corrected chi connectivity index (χ2v) is 2.88. The molecule has 0 atom stereocenters. The second-order valence-electron chi connectivity index (χ2n) is 2.15. The van der Waals surface area contributed by atoms with E-state index in [1.165, 1.54) is 16.3 Å². The van der Waals surface area contributed by atoms with E-state index < -0.39 is 6.03 Å². The number of carbonyl (C=O) groups is 1. The summed E-state index contributed by atoms with van der Waals surface area (Å²) in [5.41, 5.74) is 5.95. The predicted octanol–water partition coefficient (Wildman–Crippen LogP) is 1.85. The Labute approximate surface area is 75.7 Å². The van der Waals surface area contributed by atoms with Gasteiger partial charge in [0.2, 0.25) is 0 Å². The zero-order chi connectivity index (χ0) is 8.97. The van der Waals surface area contributed by atoms with Gasteiger partial charge in [0.25, 0.3) is 0 Å². The van der Waals surface area contributed by atoms with Crippen LogP contribution in [0.2, 0.25) is 0 Å². The molecule has 0 fully saturated rings. The van der Waals surface area contributed by atoms with Gasteiger partial charge in [0, 0.05) is 6.26 Å². The summed E-state index contributed by atoms with van der Waals surface area (Å²) in [7, 11) is 0. The first-order chi connectivity index (χ1) is 5.75. The molecule has 0 saturated carbocycles. The van der Waals surface area contributed by atoms with Gasteiger partial charge in [-0.25, -0.2) is 9.10 Å². The van der Waals surface area contributed by atoms with Crippen molar-refractivity contribution in [3.63, 3.8) is 0 Å². The van der Waals surface area contributed by atoms with Gasteiger partial charge < -0.3 is 5.73 Å². The van der Waals surface area contributed by atoms with Gasteiger partial charge in [0.15, 0.2) is 0 Å². The summed E-state index contributed by atoms with van der Waals surface area (Å²) in [5, 5.41) is 0. The summed E-state index contributed by atoms with van der Waals surface area (Å²) in [4.78, 5) is 10.9. The zero-order valence-corrected chi connectivity index (χ0v) is 7.54. The van der Waals surface area contributed by atoms with Gasteiger partial charge in [0.1, 0.15) is 0 Å². The van der Waals surface area contributed by atoms with Gasteiger partial charge in [-0.2, -0.15) is 0 Å². The van der Waals surface area contributed by atoms with Gasteiger partial charge in [-0.3, -0.25) is 0 Å². The van der Waals surface area contributed by atoms with Gasteiger partial charge in [-0.05, 0) is 24.1 Å². The van der Waals surface area contributed by atoms with Gasteiger partial charge in [-0.1, -0.05) is 18.2 Å². The Morgan fingerprint density at radius 2 is 2.00 bits per heavy atom. The summed E-state index contributed by atoms with van der Waals surface area (Å²) in [5.74, 6) is 0. The van der Waals surface area contributed by atoms with Crippen molar-refractivity contribution in [3.05, 3.63) is 30.3 Å². The van der Waals surface area contributed by atoms with Crippen LogP contribution >= 0.6 is 11.9 Å². The summed E-state index contributed by atoms with van der Waals surface area (Å²) in [6.07, 6.45) is 1.80. The van der Waals surface area contributed by atoms with E-state index in [1.807, 2.05) is 30.3 Å². The maximum atomic E-state index is 10.9. The lowest BCUT2D eigenvalue weighted by Gasteiger charge is -2.15. The van der Waals surface area contributed by atoms with Crippen LogP contribution in [0.15, 0.2) is 30.3 Å². The van der Waals surface area contributed by atoms with Gasteiger partial charge in [-0.15, -0.1) is 0 Å². The highest BCUT2D eigenvalue weighted by Gasteiger charge is 2.08. The van der Waals surface area contributed by atoms with Crippen molar-refractivity contribution in [2.75, 3.05) is 10.6 Å². The molecule has 0 radical (unpaired) electrons. The molecule has 0 spiro atoms. The van der Waals surface area contributed by atoms with E-state index in [2.05, 4.69) is 0 Å². The molecule has 0 aromatic heterocycles. The lowest BCUT2D eigenvalue weighted by Crippen LogP contribution is -2.29. The van der Waals surface area contributed by atoms with Crippen LogP contribution in [0.4, 0.5) is 10.5 Å². The van der Waals surface area contributed by atoms with E-state index in [9.17, 15) is 4.79 Å². The molecule has 0 aliphatic carbocycles. The molecule has 0 aliphatic heterocycles. The van der Waals surface area contributed by atoms with Crippen LogP contribution in [0.25, 0.3) is 0 Å². The third-order valence-electron chi connectivity index (χ3n) is 1.37. The molecule has 0 aliphatic rings. The SMILES string of the molecule is CSN(C(N)=O)c1ccccc1. The van der Waals surface area contributed by atoms with Gasteiger partial charge >= 0.3 is 6.03 Å². The molecular weight excluding hydrogens is 172 g/mol. The number of rotatable bonds is 2. The molecule has 1 rings (SSSR count). The van der Waals surface area contributed by atoms with Crippen LogP contribution in [-0.4, -0.2) is 12.3 Å². The number of benzene rings is 1. The average Bonchev–Trinajstić information content (AvgIpc) is 2.07. The van der Waals surface area contributed by atoms with E-state index in [0.717, 1.165) is 5.69 Å². The van der Waals surface area contributed by atoms with Gasteiger partial charge in [0.05, 0.1) is 5.69 Å². The molecule has 3 nitrogen and oxygen atoms in total. The zero-order valence-electron chi connectivity index (χ0n) is 6.73. The lowest BCUT2D eigenvalue weighted by atomic mass is 10.3. The number of amides is 2. The Balaban J connectivity index is 2.88. The van der Waals surface area contributed by atoms with E-state index in [0.29, 0.717) is 0 Å². The maximum absolute atomic E-state index is 10.9. The number of hydrogen-bond donors (Lipinski definition) is 1. The van der Waals surface area contributed by atoms with E-state index in [1.54, 1.807) is 6.26 Å². The number of nitrogens with two attached hydrogens (primary N) is 1. The first-order valence-electron chi connectivity index (χ1n) is 3.44. The fourth-order valence-electron chi connectivity index (χ4n) is 0.886. The van der Waals surface area contributed by atoms with E-state index in [-0.39, 0.29) is 0 Å². The summed E-state index contributed by atoms with van der Waals surface area (Å²) >= 11 is 1.29. The summed E-state index contributed by atoms with van der Waals surface area (Å²) in [6, 6.07) is 8.84.